The average molecular weight is 334 g/mol. The van der Waals surface area contributed by atoms with Crippen LogP contribution in [-0.4, -0.2) is 31.7 Å². The minimum Gasteiger partial charge on any atom is -0.496 e. The number of carbonyl (C=O) groups excluding carboxylic acids is 1. The van der Waals surface area contributed by atoms with Crippen LogP contribution in [0, 0.1) is 6.92 Å². The molecular formula is C17H22N2O3S. The molecule has 6 heteroatoms. The van der Waals surface area contributed by atoms with E-state index in [0.29, 0.717) is 19.6 Å². The Morgan fingerprint density at radius 2 is 2.09 bits per heavy atom. The molecule has 5 nitrogen and oxygen atoms in total. The van der Waals surface area contributed by atoms with Gasteiger partial charge < -0.3 is 14.8 Å². The summed E-state index contributed by atoms with van der Waals surface area (Å²) in [6.45, 7) is 3.00. The molecular weight excluding hydrogens is 312 g/mol. The highest BCUT2D eigenvalue weighted by Crippen LogP contribution is 2.19. The molecule has 2 aromatic rings. The van der Waals surface area contributed by atoms with Gasteiger partial charge >= 0.3 is 0 Å². The summed E-state index contributed by atoms with van der Waals surface area (Å²) in [6.07, 6.45) is 1.10. The molecule has 0 atom stereocenters. The van der Waals surface area contributed by atoms with Crippen molar-refractivity contribution < 1.29 is 14.3 Å². The van der Waals surface area contributed by atoms with E-state index in [1.807, 2.05) is 31.2 Å². The van der Waals surface area contributed by atoms with Crippen LogP contribution in [-0.2, 0) is 29.0 Å². The van der Waals surface area contributed by atoms with Gasteiger partial charge in [0.1, 0.15) is 10.8 Å². The summed E-state index contributed by atoms with van der Waals surface area (Å²) in [7, 11) is 3.29. The predicted octanol–water partition coefficient (Wildman–Crippen LogP) is 2.51. The van der Waals surface area contributed by atoms with Gasteiger partial charge in [-0.25, -0.2) is 4.98 Å². The fraction of sp³-hybridized carbons (Fsp3) is 0.412. The molecule has 0 spiro atoms. The van der Waals surface area contributed by atoms with E-state index in [4.69, 9.17) is 9.47 Å². The molecule has 0 aliphatic carbocycles. The third-order valence-corrected chi connectivity index (χ3v) is 4.57. The number of hydrogen-bond donors (Lipinski definition) is 1. The Kier molecular flexibility index (Phi) is 6.55. The van der Waals surface area contributed by atoms with Crippen molar-refractivity contribution in [1.29, 1.82) is 0 Å². The van der Waals surface area contributed by atoms with Gasteiger partial charge in [0.15, 0.2) is 0 Å². The van der Waals surface area contributed by atoms with Gasteiger partial charge in [0.25, 0.3) is 0 Å². The van der Waals surface area contributed by atoms with Gasteiger partial charge in [-0.1, -0.05) is 18.2 Å². The monoisotopic (exact) mass is 334 g/mol. The highest BCUT2D eigenvalue weighted by molar-refractivity contribution is 7.11. The third kappa shape index (κ3) is 5.04. The molecule has 0 aliphatic heterocycles. The van der Waals surface area contributed by atoms with Gasteiger partial charge in [0.05, 0.1) is 25.8 Å². The number of amides is 1. The lowest BCUT2D eigenvalue weighted by Crippen LogP contribution is -2.27. The molecule has 0 aliphatic rings. The first kappa shape index (κ1) is 17.4. The Labute approximate surface area is 140 Å². The van der Waals surface area contributed by atoms with Gasteiger partial charge in [-0.2, -0.15) is 0 Å². The standard InChI is InChI=1S/C17H22N2O3S/c1-12-15(23-17(19-12)11-21-2)10-16(20)18-9-8-13-6-4-5-7-14(13)22-3/h4-7H,8-11H2,1-3H3,(H,18,20). The number of ether oxygens (including phenoxy) is 2. The number of carbonyl (C=O) groups is 1. The Balaban J connectivity index is 1.83. The van der Waals surface area contributed by atoms with Crippen molar-refractivity contribution in [3.8, 4) is 5.75 Å². The third-order valence-electron chi connectivity index (χ3n) is 3.43. The summed E-state index contributed by atoms with van der Waals surface area (Å²) in [5.74, 6) is 0.861. The van der Waals surface area contributed by atoms with Crippen molar-refractivity contribution in [2.75, 3.05) is 20.8 Å². The molecule has 1 amide bonds. The number of nitrogens with one attached hydrogen (secondary N) is 1. The zero-order valence-corrected chi connectivity index (χ0v) is 14.5. The number of benzene rings is 1. The SMILES string of the molecule is COCc1nc(C)c(CC(=O)NCCc2ccccc2OC)s1. The number of rotatable bonds is 8. The van der Waals surface area contributed by atoms with Crippen molar-refractivity contribution in [1.82, 2.24) is 10.3 Å². The molecule has 124 valence electrons. The number of aryl methyl sites for hydroxylation is 1. The van der Waals surface area contributed by atoms with Gasteiger partial charge in [-0.3, -0.25) is 4.79 Å². The number of aromatic nitrogens is 1. The smallest absolute Gasteiger partial charge is 0.225 e. The highest BCUT2D eigenvalue weighted by atomic mass is 32.1. The molecule has 2 rings (SSSR count). The lowest BCUT2D eigenvalue weighted by atomic mass is 10.1. The van der Waals surface area contributed by atoms with Crippen LogP contribution >= 0.6 is 11.3 Å². The van der Waals surface area contributed by atoms with E-state index >= 15 is 0 Å². The van der Waals surface area contributed by atoms with Crippen molar-refractivity contribution >= 4 is 17.2 Å². The number of nitrogens with zero attached hydrogens (tertiary/aromatic N) is 1. The van der Waals surface area contributed by atoms with Crippen molar-refractivity contribution in [2.45, 2.75) is 26.4 Å². The summed E-state index contributed by atoms with van der Waals surface area (Å²) in [4.78, 5) is 17.5. The quantitative estimate of drug-likeness (QED) is 0.806. The van der Waals surface area contributed by atoms with E-state index in [1.54, 1.807) is 14.2 Å². The molecule has 0 saturated carbocycles. The molecule has 0 radical (unpaired) electrons. The van der Waals surface area contributed by atoms with E-state index in [0.717, 1.165) is 33.3 Å². The normalized spacial score (nSPS) is 10.6. The molecule has 0 unspecified atom stereocenters. The fourth-order valence-electron chi connectivity index (χ4n) is 2.29. The molecule has 1 aromatic heterocycles. The fourth-order valence-corrected chi connectivity index (χ4v) is 3.33. The van der Waals surface area contributed by atoms with Gasteiger partial charge in [0.2, 0.25) is 5.91 Å². The summed E-state index contributed by atoms with van der Waals surface area (Å²) in [5.41, 5.74) is 1.99. The zero-order chi connectivity index (χ0) is 16.7. The maximum absolute atomic E-state index is 12.1. The topological polar surface area (TPSA) is 60.5 Å². The molecule has 0 saturated heterocycles. The first-order valence-corrected chi connectivity index (χ1v) is 8.28. The number of methoxy groups -OCH3 is 2. The van der Waals surface area contributed by atoms with Gasteiger partial charge in [0, 0.05) is 18.5 Å². The Bertz CT molecular complexity index is 655. The lowest BCUT2D eigenvalue weighted by Gasteiger charge is -2.09. The van der Waals surface area contributed by atoms with E-state index in [-0.39, 0.29) is 5.91 Å². The molecule has 1 aromatic carbocycles. The number of para-hydroxylation sites is 1. The minimum absolute atomic E-state index is 0.00983. The second-order valence-electron chi connectivity index (χ2n) is 5.14. The largest absolute Gasteiger partial charge is 0.496 e. The maximum atomic E-state index is 12.1. The Hall–Kier alpha value is -1.92. The van der Waals surface area contributed by atoms with Gasteiger partial charge in [-0.15, -0.1) is 11.3 Å². The van der Waals surface area contributed by atoms with E-state index < -0.39 is 0 Å². The van der Waals surface area contributed by atoms with E-state index in [9.17, 15) is 4.79 Å². The van der Waals surface area contributed by atoms with Crippen LogP contribution in [0.1, 0.15) is 21.1 Å². The van der Waals surface area contributed by atoms with Crippen molar-refractivity contribution in [3.05, 3.63) is 45.4 Å². The summed E-state index contributed by atoms with van der Waals surface area (Å²) < 4.78 is 10.4. The van der Waals surface area contributed by atoms with Crippen LogP contribution in [0.25, 0.3) is 0 Å². The van der Waals surface area contributed by atoms with Crippen LogP contribution in [0.2, 0.25) is 0 Å². The number of hydrogen-bond acceptors (Lipinski definition) is 5. The molecule has 1 N–H and O–H groups in total. The molecule has 1 heterocycles. The summed E-state index contributed by atoms with van der Waals surface area (Å²) in [5, 5.41) is 3.86. The van der Waals surface area contributed by atoms with E-state index in [1.165, 1.54) is 11.3 Å². The maximum Gasteiger partial charge on any atom is 0.225 e. The van der Waals surface area contributed by atoms with Gasteiger partial charge in [-0.05, 0) is 25.0 Å². The second kappa shape index (κ2) is 8.64. The van der Waals surface area contributed by atoms with Crippen LogP contribution in [0.4, 0.5) is 0 Å². The van der Waals surface area contributed by atoms with E-state index in [2.05, 4.69) is 10.3 Å². The molecule has 23 heavy (non-hydrogen) atoms. The number of thiazole rings is 1. The zero-order valence-electron chi connectivity index (χ0n) is 13.7. The highest BCUT2D eigenvalue weighted by Gasteiger charge is 2.12. The average Bonchev–Trinajstić information content (AvgIpc) is 2.87. The Morgan fingerprint density at radius 3 is 2.83 bits per heavy atom. The Morgan fingerprint density at radius 1 is 1.30 bits per heavy atom. The van der Waals surface area contributed by atoms with Crippen molar-refractivity contribution in [3.63, 3.8) is 0 Å². The summed E-state index contributed by atoms with van der Waals surface area (Å²) >= 11 is 1.53. The molecule has 0 bridgehead atoms. The van der Waals surface area contributed by atoms with Crippen LogP contribution in [0.3, 0.4) is 0 Å². The van der Waals surface area contributed by atoms with Crippen LogP contribution in [0.15, 0.2) is 24.3 Å². The first-order chi connectivity index (χ1) is 11.1. The van der Waals surface area contributed by atoms with Crippen molar-refractivity contribution in [2.24, 2.45) is 0 Å². The predicted molar refractivity (Wildman–Crippen MR) is 91.0 cm³/mol. The molecule has 0 fully saturated rings. The minimum atomic E-state index is 0.00983. The first-order valence-electron chi connectivity index (χ1n) is 7.46. The second-order valence-corrected chi connectivity index (χ2v) is 6.31. The van der Waals surface area contributed by atoms with Crippen LogP contribution < -0.4 is 10.1 Å². The summed E-state index contributed by atoms with van der Waals surface area (Å²) in [6, 6.07) is 7.84. The van der Waals surface area contributed by atoms with Crippen LogP contribution in [0.5, 0.6) is 5.75 Å². The lowest BCUT2D eigenvalue weighted by molar-refractivity contribution is -0.120.